The molecule has 21 heavy (non-hydrogen) atoms. The average Bonchev–Trinajstić information content (AvgIpc) is 2.94. The molecular formula is C13H11N5O2S. The van der Waals surface area contributed by atoms with Gasteiger partial charge in [0.25, 0.3) is 5.91 Å². The Morgan fingerprint density at radius 3 is 2.86 bits per heavy atom. The van der Waals surface area contributed by atoms with Crippen LogP contribution in [-0.2, 0) is 11.3 Å². The molecule has 3 aromatic rings. The number of methoxy groups -OCH3 is 1. The van der Waals surface area contributed by atoms with Crippen LogP contribution in [0.2, 0.25) is 0 Å². The standard InChI is InChI=1S/C13H11N5O2S/c1-20-7-11-17-18-13(21-11)16-12(19)8-2-3-9-10(6-8)15-5-4-14-9/h2-6H,7H2,1H3,(H,16,18,19). The van der Waals surface area contributed by atoms with E-state index >= 15 is 0 Å². The quantitative estimate of drug-likeness (QED) is 0.791. The Balaban J connectivity index is 1.79. The lowest BCUT2D eigenvalue weighted by molar-refractivity contribution is 0.102. The number of nitrogens with one attached hydrogen (secondary N) is 1. The number of nitrogens with zero attached hydrogens (tertiary/aromatic N) is 4. The zero-order chi connectivity index (χ0) is 14.7. The lowest BCUT2D eigenvalue weighted by atomic mass is 10.2. The first-order chi connectivity index (χ1) is 10.3. The van der Waals surface area contributed by atoms with Crippen LogP contribution >= 0.6 is 11.3 Å². The maximum atomic E-state index is 12.2. The Hall–Kier alpha value is -2.45. The molecule has 0 aliphatic carbocycles. The van der Waals surface area contributed by atoms with Gasteiger partial charge in [-0.3, -0.25) is 20.1 Å². The molecule has 2 heterocycles. The molecule has 106 valence electrons. The van der Waals surface area contributed by atoms with Gasteiger partial charge in [-0.15, -0.1) is 10.2 Å². The van der Waals surface area contributed by atoms with E-state index in [0.29, 0.717) is 27.8 Å². The molecule has 7 nitrogen and oxygen atoms in total. The van der Waals surface area contributed by atoms with E-state index in [1.165, 1.54) is 11.3 Å². The Kier molecular flexibility index (Phi) is 3.80. The van der Waals surface area contributed by atoms with Crippen LogP contribution in [0.1, 0.15) is 15.4 Å². The summed E-state index contributed by atoms with van der Waals surface area (Å²) in [7, 11) is 1.58. The molecule has 0 atom stereocenters. The third kappa shape index (κ3) is 3.01. The second-order valence-electron chi connectivity index (χ2n) is 4.15. The van der Waals surface area contributed by atoms with E-state index < -0.39 is 0 Å². The molecule has 1 N–H and O–H groups in total. The van der Waals surface area contributed by atoms with E-state index in [1.54, 1.807) is 37.7 Å². The van der Waals surface area contributed by atoms with Crippen molar-refractivity contribution in [3.8, 4) is 0 Å². The number of hydrogen-bond acceptors (Lipinski definition) is 7. The fraction of sp³-hybridized carbons (Fsp3) is 0.154. The molecule has 0 fully saturated rings. The van der Waals surface area contributed by atoms with Gasteiger partial charge < -0.3 is 4.74 Å². The van der Waals surface area contributed by atoms with Gasteiger partial charge in [0.1, 0.15) is 11.6 Å². The summed E-state index contributed by atoms with van der Waals surface area (Å²) >= 11 is 1.28. The van der Waals surface area contributed by atoms with Gasteiger partial charge in [0.05, 0.1) is 11.0 Å². The van der Waals surface area contributed by atoms with E-state index in [0.717, 1.165) is 5.52 Å². The van der Waals surface area contributed by atoms with Gasteiger partial charge in [-0.2, -0.15) is 0 Å². The maximum Gasteiger partial charge on any atom is 0.257 e. The largest absolute Gasteiger partial charge is 0.377 e. The van der Waals surface area contributed by atoms with Crippen LogP contribution < -0.4 is 5.32 Å². The van der Waals surface area contributed by atoms with Gasteiger partial charge >= 0.3 is 0 Å². The molecule has 0 aliphatic rings. The van der Waals surface area contributed by atoms with E-state index in [-0.39, 0.29) is 5.91 Å². The van der Waals surface area contributed by atoms with Crippen molar-refractivity contribution >= 4 is 33.4 Å². The predicted molar refractivity (Wildman–Crippen MR) is 78.1 cm³/mol. The van der Waals surface area contributed by atoms with Crippen LogP contribution in [-0.4, -0.2) is 33.2 Å². The summed E-state index contributed by atoms with van der Waals surface area (Å²) in [5.41, 5.74) is 1.90. The molecule has 1 amide bonds. The summed E-state index contributed by atoms with van der Waals surface area (Å²) in [6.07, 6.45) is 3.20. The van der Waals surface area contributed by atoms with Gasteiger partial charge in [0.15, 0.2) is 0 Å². The topological polar surface area (TPSA) is 89.9 Å². The van der Waals surface area contributed by atoms with Crippen LogP contribution in [0.25, 0.3) is 11.0 Å². The summed E-state index contributed by atoms with van der Waals surface area (Å²) in [6.45, 7) is 0.374. The number of aromatic nitrogens is 4. The number of rotatable bonds is 4. The molecule has 1 aromatic carbocycles. The zero-order valence-corrected chi connectivity index (χ0v) is 11.9. The third-order valence-electron chi connectivity index (χ3n) is 2.69. The van der Waals surface area contributed by atoms with Crippen LogP contribution in [0.15, 0.2) is 30.6 Å². The van der Waals surface area contributed by atoms with Crippen molar-refractivity contribution in [1.82, 2.24) is 20.2 Å². The molecule has 2 aromatic heterocycles. The number of ether oxygens (including phenoxy) is 1. The van der Waals surface area contributed by atoms with Crippen molar-refractivity contribution in [3.63, 3.8) is 0 Å². The number of carbonyl (C=O) groups excluding carboxylic acids is 1. The summed E-state index contributed by atoms with van der Waals surface area (Å²) < 4.78 is 4.96. The van der Waals surface area contributed by atoms with E-state index in [2.05, 4.69) is 25.5 Å². The minimum Gasteiger partial charge on any atom is -0.377 e. The summed E-state index contributed by atoms with van der Waals surface area (Å²) in [4.78, 5) is 20.5. The normalized spacial score (nSPS) is 10.7. The third-order valence-corrected chi connectivity index (χ3v) is 3.50. The van der Waals surface area contributed by atoms with Crippen molar-refractivity contribution in [3.05, 3.63) is 41.2 Å². The summed E-state index contributed by atoms with van der Waals surface area (Å²) in [5.74, 6) is -0.261. The number of amides is 1. The van der Waals surface area contributed by atoms with Gasteiger partial charge in [-0.1, -0.05) is 11.3 Å². The summed E-state index contributed by atoms with van der Waals surface area (Å²) in [5, 5.41) is 11.6. The van der Waals surface area contributed by atoms with Crippen LogP contribution in [0.3, 0.4) is 0 Å². The molecule has 0 aliphatic heterocycles. The highest BCUT2D eigenvalue weighted by Gasteiger charge is 2.11. The van der Waals surface area contributed by atoms with Gasteiger partial charge in [0.2, 0.25) is 5.13 Å². The molecule has 0 unspecified atom stereocenters. The minimum absolute atomic E-state index is 0.261. The number of hydrogen-bond donors (Lipinski definition) is 1. The van der Waals surface area contributed by atoms with Gasteiger partial charge in [-0.25, -0.2) is 0 Å². The highest BCUT2D eigenvalue weighted by molar-refractivity contribution is 7.15. The van der Waals surface area contributed by atoms with Gasteiger partial charge in [0, 0.05) is 25.1 Å². The van der Waals surface area contributed by atoms with E-state index in [9.17, 15) is 4.79 Å². The highest BCUT2D eigenvalue weighted by atomic mass is 32.1. The Labute approximate surface area is 124 Å². The molecule has 0 radical (unpaired) electrons. The minimum atomic E-state index is -0.261. The van der Waals surface area contributed by atoms with Crippen molar-refractivity contribution in [2.45, 2.75) is 6.61 Å². The predicted octanol–water partition coefficient (Wildman–Crippen LogP) is 1.88. The molecule has 8 heteroatoms. The summed E-state index contributed by atoms with van der Waals surface area (Å²) in [6, 6.07) is 5.14. The SMILES string of the molecule is COCc1nnc(NC(=O)c2ccc3nccnc3c2)s1. The Morgan fingerprint density at radius 1 is 1.24 bits per heavy atom. The fourth-order valence-corrected chi connectivity index (χ4v) is 2.47. The molecule has 3 rings (SSSR count). The van der Waals surface area contributed by atoms with Crippen molar-refractivity contribution in [1.29, 1.82) is 0 Å². The lowest BCUT2D eigenvalue weighted by Gasteiger charge is -2.02. The van der Waals surface area contributed by atoms with Crippen molar-refractivity contribution in [2.24, 2.45) is 0 Å². The molecule has 0 bridgehead atoms. The highest BCUT2D eigenvalue weighted by Crippen LogP contribution is 2.18. The monoisotopic (exact) mass is 301 g/mol. The van der Waals surface area contributed by atoms with Gasteiger partial charge in [-0.05, 0) is 18.2 Å². The fourth-order valence-electron chi connectivity index (χ4n) is 1.76. The molecule has 0 saturated carbocycles. The number of fused-ring (bicyclic) bond motifs is 1. The number of carbonyl (C=O) groups is 1. The van der Waals surface area contributed by atoms with Crippen molar-refractivity contribution in [2.75, 3.05) is 12.4 Å². The first kappa shape index (κ1) is 13.5. The number of benzene rings is 1. The second-order valence-corrected chi connectivity index (χ2v) is 5.21. The zero-order valence-electron chi connectivity index (χ0n) is 11.1. The second kappa shape index (κ2) is 5.90. The first-order valence-electron chi connectivity index (χ1n) is 6.10. The Bertz CT molecular complexity index is 789. The van der Waals surface area contributed by atoms with E-state index in [4.69, 9.17) is 4.74 Å². The Morgan fingerprint density at radius 2 is 2.05 bits per heavy atom. The van der Waals surface area contributed by atoms with Crippen LogP contribution in [0.5, 0.6) is 0 Å². The molecular weight excluding hydrogens is 290 g/mol. The average molecular weight is 301 g/mol. The van der Waals surface area contributed by atoms with Crippen LogP contribution in [0.4, 0.5) is 5.13 Å². The first-order valence-corrected chi connectivity index (χ1v) is 6.91. The molecule has 0 saturated heterocycles. The number of anilines is 1. The van der Waals surface area contributed by atoms with Crippen LogP contribution in [0, 0.1) is 0 Å². The maximum absolute atomic E-state index is 12.2. The lowest BCUT2D eigenvalue weighted by Crippen LogP contribution is -2.11. The van der Waals surface area contributed by atoms with E-state index in [1.807, 2.05) is 0 Å². The molecule has 0 spiro atoms. The smallest absolute Gasteiger partial charge is 0.257 e. The van der Waals surface area contributed by atoms with Crippen molar-refractivity contribution < 1.29 is 9.53 Å².